The summed E-state index contributed by atoms with van der Waals surface area (Å²) in [4.78, 5) is 31.0. The lowest BCUT2D eigenvalue weighted by Gasteiger charge is -2.24. The number of amides is 3. The van der Waals surface area contributed by atoms with Crippen molar-refractivity contribution in [3.63, 3.8) is 0 Å². The molecule has 1 heterocycles. The molecule has 0 bridgehead atoms. The first-order valence-corrected chi connectivity index (χ1v) is 10.5. The molecule has 0 fully saturated rings. The third-order valence-corrected chi connectivity index (χ3v) is 4.77. The smallest absolute Gasteiger partial charge is 0.318 e. The highest BCUT2D eigenvalue weighted by atomic mass is 32.1. The van der Waals surface area contributed by atoms with Crippen LogP contribution in [0.3, 0.4) is 0 Å². The lowest BCUT2D eigenvalue weighted by atomic mass is 10.2. The van der Waals surface area contributed by atoms with Crippen molar-refractivity contribution in [2.75, 3.05) is 13.1 Å². The topological polar surface area (TPSA) is 74.3 Å². The summed E-state index contributed by atoms with van der Waals surface area (Å²) >= 11 is 1.41. The minimum absolute atomic E-state index is 0.126. The molecular weight excluding hydrogens is 372 g/mol. The SMILES string of the molecule is CC(C)CNC(=O)c1csc(CN(CC(C)C)C(=O)NCc2ccccc2)n1. The molecule has 7 heteroatoms. The average molecular weight is 403 g/mol. The van der Waals surface area contributed by atoms with E-state index in [2.05, 4.69) is 29.5 Å². The molecule has 2 rings (SSSR count). The summed E-state index contributed by atoms with van der Waals surface area (Å²) in [6.07, 6.45) is 0. The van der Waals surface area contributed by atoms with Gasteiger partial charge in [-0.25, -0.2) is 9.78 Å². The fraction of sp³-hybridized carbons (Fsp3) is 0.476. The molecule has 0 aliphatic carbocycles. The molecule has 0 saturated heterocycles. The van der Waals surface area contributed by atoms with Crippen molar-refractivity contribution < 1.29 is 9.59 Å². The monoisotopic (exact) mass is 402 g/mol. The van der Waals surface area contributed by atoms with Gasteiger partial charge in [0.15, 0.2) is 0 Å². The van der Waals surface area contributed by atoms with E-state index in [4.69, 9.17) is 0 Å². The zero-order valence-electron chi connectivity index (χ0n) is 17.1. The number of urea groups is 1. The summed E-state index contributed by atoms with van der Waals surface area (Å²) in [5.41, 5.74) is 1.47. The van der Waals surface area contributed by atoms with Crippen LogP contribution in [0.15, 0.2) is 35.7 Å². The Labute approximate surface area is 171 Å². The Kier molecular flexibility index (Phi) is 8.44. The van der Waals surface area contributed by atoms with Gasteiger partial charge >= 0.3 is 6.03 Å². The second-order valence-electron chi connectivity index (χ2n) is 7.65. The third kappa shape index (κ3) is 7.31. The normalized spacial score (nSPS) is 10.9. The average Bonchev–Trinajstić information content (AvgIpc) is 3.12. The summed E-state index contributed by atoms with van der Waals surface area (Å²) in [6.45, 7) is 10.3. The number of thiazole rings is 1. The van der Waals surface area contributed by atoms with Gasteiger partial charge in [0.05, 0.1) is 6.54 Å². The van der Waals surface area contributed by atoms with Crippen LogP contribution in [0.5, 0.6) is 0 Å². The van der Waals surface area contributed by atoms with Gasteiger partial charge in [-0.2, -0.15) is 0 Å². The predicted octanol–water partition coefficient (Wildman–Crippen LogP) is 3.90. The van der Waals surface area contributed by atoms with Crippen molar-refractivity contribution in [1.82, 2.24) is 20.5 Å². The fourth-order valence-corrected chi connectivity index (χ4v) is 3.37. The number of hydrogen-bond acceptors (Lipinski definition) is 4. The third-order valence-electron chi connectivity index (χ3n) is 3.94. The molecule has 1 aromatic heterocycles. The van der Waals surface area contributed by atoms with E-state index in [-0.39, 0.29) is 11.9 Å². The largest absolute Gasteiger partial charge is 0.350 e. The van der Waals surface area contributed by atoms with Crippen molar-refractivity contribution in [2.45, 2.75) is 40.8 Å². The van der Waals surface area contributed by atoms with Crippen molar-refractivity contribution in [1.29, 1.82) is 0 Å². The minimum atomic E-state index is -0.167. The Morgan fingerprint density at radius 2 is 1.79 bits per heavy atom. The van der Waals surface area contributed by atoms with Crippen LogP contribution in [-0.4, -0.2) is 34.9 Å². The minimum Gasteiger partial charge on any atom is -0.350 e. The van der Waals surface area contributed by atoms with Crippen LogP contribution in [0, 0.1) is 11.8 Å². The summed E-state index contributed by atoms with van der Waals surface area (Å²) < 4.78 is 0. The molecule has 1 aromatic carbocycles. The number of carbonyl (C=O) groups excluding carboxylic acids is 2. The highest BCUT2D eigenvalue weighted by Crippen LogP contribution is 2.14. The van der Waals surface area contributed by atoms with Gasteiger partial charge in [-0.1, -0.05) is 58.0 Å². The molecule has 2 aromatic rings. The van der Waals surface area contributed by atoms with E-state index in [1.54, 1.807) is 10.3 Å². The zero-order valence-corrected chi connectivity index (χ0v) is 17.9. The van der Waals surface area contributed by atoms with E-state index in [0.29, 0.717) is 43.7 Å². The summed E-state index contributed by atoms with van der Waals surface area (Å²) in [7, 11) is 0. The molecule has 152 valence electrons. The molecule has 6 nitrogen and oxygen atoms in total. The van der Waals surface area contributed by atoms with Crippen LogP contribution in [0.2, 0.25) is 0 Å². The van der Waals surface area contributed by atoms with Crippen molar-refractivity contribution >= 4 is 23.3 Å². The molecule has 0 atom stereocenters. The Morgan fingerprint density at radius 3 is 2.43 bits per heavy atom. The van der Waals surface area contributed by atoms with Gasteiger partial charge in [-0.15, -0.1) is 11.3 Å². The van der Waals surface area contributed by atoms with Gasteiger partial charge in [-0.3, -0.25) is 4.79 Å². The van der Waals surface area contributed by atoms with Crippen LogP contribution in [0.4, 0.5) is 4.79 Å². The molecule has 0 aliphatic heterocycles. The highest BCUT2D eigenvalue weighted by Gasteiger charge is 2.18. The Morgan fingerprint density at radius 1 is 1.07 bits per heavy atom. The highest BCUT2D eigenvalue weighted by molar-refractivity contribution is 7.09. The van der Waals surface area contributed by atoms with Crippen molar-refractivity contribution in [2.24, 2.45) is 11.8 Å². The first kappa shape index (κ1) is 21.9. The standard InChI is InChI=1S/C21H30N4O2S/c1-15(2)10-22-20(26)18-14-28-19(24-18)13-25(12-16(3)4)21(27)23-11-17-8-6-5-7-9-17/h5-9,14-16H,10-13H2,1-4H3,(H,22,26)(H,23,27). The van der Waals surface area contributed by atoms with E-state index in [0.717, 1.165) is 10.6 Å². The van der Waals surface area contributed by atoms with Gasteiger partial charge in [0.2, 0.25) is 0 Å². The molecule has 0 spiro atoms. The van der Waals surface area contributed by atoms with Gasteiger partial charge in [0, 0.05) is 25.0 Å². The summed E-state index contributed by atoms with van der Waals surface area (Å²) in [6, 6.07) is 9.70. The molecule has 28 heavy (non-hydrogen) atoms. The lowest BCUT2D eigenvalue weighted by Crippen LogP contribution is -2.41. The molecule has 2 N–H and O–H groups in total. The molecule has 0 saturated carbocycles. The maximum absolute atomic E-state index is 12.7. The van der Waals surface area contributed by atoms with Crippen molar-refractivity contribution in [3.05, 3.63) is 52.0 Å². The van der Waals surface area contributed by atoms with Gasteiger partial charge in [0.1, 0.15) is 10.7 Å². The van der Waals surface area contributed by atoms with E-state index >= 15 is 0 Å². The molecular formula is C21H30N4O2S. The lowest BCUT2D eigenvalue weighted by molar-refractivity contribution is 0.0944. The summed E-state index contributed by atoms with van der Waals surface area (Å²) in [5, 5.41) is 8.35. The second-order valence-corrected chi connectivity index (χ2v) is 8.59. The van der Waals surface area contributed by atoms with E-state index in [1.807, 2.05) is 44.2 Å². The number of aromatic nitrogens is 1. The molecule has 0 unspecified atom stereocenters. The van der Waals surface area contributed by atoms with E-state index in [1.165, 1.54) is 11.3 Å². The van der Waals surface area contributed by atoms with Gasteiger partial charge in [0.25, 0.3) is 5.91 Å². The second kappa shape index (κ2) is 10.8. The first-order valence-electron chi connectivity index (χ1n) is 9.64. The van der Waals surface area contributed by atoms with Crippen LogP contribution < -0.4 is 10.6 Å². The number of hydrogen-bond donors (Lipinski definition) is 2. The fourth-order valence-electron chi connectivity index (χ4n) is 2.58. The van der Waals surface area contributed by atoms with Crippen LogP contribution in [0.1, 0.15) is 48.8 Å². The zero-order chi connectivity index (χ0) is 20.5. The Bertz CT molecular complexity index is 759. The maximum Gasteiger partial charge on any atom is 0.318 e. The Hall–Kier alpha value is -2.41. The quantitative estimate of drug-likeness (QED) is 0.668. The van der Waals surface area contributed by atoms with Crippen molar-refractivity contribution in [3.8, 4) is 0 Å². The van der Waals surface area contributed by atoms with Crippen LogP contribution in [0.25, 0.3) is 0 Å². The van der Waals surface area contributed by atoms with Crippen LogP contribution >= 0.6 is 11.3 Å². The van der Waals surface area contributed by atoms with Gasteiger partial charge < -0.3 is 15.5 Å². The first-order chi connectivity index (χ1) is 13.3. The predicted molar refractivity (Wildman–Crippen MR) is 113 cm³/mol. The molecule has 3 amide bonds. The molecule has 0 aliphatic rings. The number of benzene rings is 1. The van der Waals surface area contributed by atoms with Gasteiger partial charge in [-0.05, 0) is 17.4 Å². The molecule has 0 radical (unpaired) electrons. The number of nitrogens with zero attached hydrogens (tertiary/aromatic N) is 2. The Balaban J connectivity index is 1.97. The number of carbonyl (C=O) groups is 2. The van der Waals surface area contributed by atoms with E-state index in [9.17, 15) is 9.59 Å². The van der Waals surface area contributed by atoms with E-state index < -0.39 is 0 Å². The summed E-state index contributed by atoms with van der Waals surface area (Å²) in [5.74, 6) is 0.549. The van der Waals surface area contributed by atoms with Crippen LogP contribution in [-0.2, 0) is 13.1 Å². The number of nitrogens with one attached hydrogen (secondary N) is 2. The maximum atomic E-state index is 12.7. The number of rotatable bonds is 9.